The molecule has 4 atom stereocenters. The Balaban J connectivity index is 1.50. The number of allylic oxidation sites excluding steroid dienone is 3. The lowest BCUT2D eigenvalue weighted by atomic mass is 9.80. The molecule has 2 aromatic carbocycles. The summed E-state index contributed by atoms with van der Waals surface area (Å²) in [5.74, 6) is -2.00. The van der Waals surface area contributed by atoms with Gasteiger partial charge in [0.25, 0.3) is 0 Å². The molecule has 6 rings (SSSR count). The highest BCUT2D eigenvalue weighted by Gasteiger charge is 2.65. The van der Waals surface area contributed by atoms with E-state index in [1.165, 1.54) is 4.90 Å². The number of halogens is 1. The number of imide groups is 1. The first-order valence-corrected chi connectivity index (χ1v) is 12.3. The van der Waals surface area contributed by atoms with E-state index in [1.807, 2.05) is 66.6 Å². The van der Waals surface area contributed by atoms with Gasteiger partial charge in [-0.3, -0.25) is 14.4 Å². The summed E-state index contributed by atoms with van der Waals surface area (Å²) in [6.07, 6.45) is 7.84. The van der Waals surface area contributed by atoms with Crippen LogP contribution in [0, 0.1) is 18.8 Å². The van der Waals surface area contributed by atoms with Gasteiger partial charge >= 0.3 is 0 Å². The second-order valence-corrected chi connectivity index (χ2v) is 10.3. The molecular weight excluding hydrogens is 492 g/mol. The SMILES string of the molecule is Cc1ccc(C(=O)C2[C@@H]3C(=O)N(c4ccccc4)C(=O)[C@@H]3C3C4=CCCC(Br)=C4C=CN32)cc1. The first kappa shape index (κ1) is 21.3. The fourth-order valence-electron chi connectivity index (χ4n) is 5.86. The Bertz CT molecular complexity index is 1310. The first-order chi connectivity index (χ1) is 16.5. The highest BCUT2D eigenvalue weighted by Crippen LogP contribution is 2.51. The van der Waals surface area contributed by atoms with Crippen molar-refractivity contribution in [3.63, 3.8) is 0 Å². The van der Waals surface area contributed by atoms with Crippen LogP contribution in [0.5, 0.6) is 0 Å². The molecule has 34 heavy (non-hydrogen) atoms. The molecule has 0 bridgehead atoms. The van der Waals surface area contributed by atoms with Crippen molar-refractivity contribution in [3.05, 3.63) is 99.7 Å². The Hall–Kier alpha value is -3.25. The quantitative estimate of drug-likeness (QED) is 0.430. The van der Waals surface area contributed by atoms with E-state index in [9.17, 15) is 14.4 Å². The molecular formula is C28H23BrN2O3. The van der Waals surface area contributed by atoms with Crippen molar-refractivity contribution in [3.8, 4) is 0 Å². The van der Waals surface area contributed by atoms with E-state index in [2.05, 4.69) is 22.0 Å². The van der Waals surface area contributed by atoms with E-state index in [0.29, 0.717) is 11.3 Å². The molecule has 5 nitrogen and oxygen atoms in total. The molecule has 0 saturated carbocycles. The number of fused-ring (bicyclic) bond motifs is 5. The number of carbonyl (C=O) groups excluding carboxylic acids is 3. The van der Waals surface area contributed by atoms with Gasteiger partial charge in [-0.2, -0.15) is 0 Å². The molecule has 0 aromatic heterocycles. The number of anilines is 1. The Kier molecular flexibility index (Phi) is 4.96. The highest BCUT2D eigenvalue weighted by atomic mass is 79.9. The maximum atomic E-state index is 13.9. The Morgan fingerprint density at radius 2 is 1.68 bits per heavy atom. The van der Waals surface area contributed by atoms with Gasteiger partial charge in [0, 0.05) is 16.2 Å². The van der Waals surface area contributed by atoms with Gasteiger partial charge in [-0.15, -0.1) is 0 Å². The van der Waals surface area contributed by atoms with Gasteiger partial charge < -0.3 is 4.90 Å². The van der Waals surface area contributed by atoms with Crippen LogP contribution in [0.2, 0.25) is 0 Å². The second kappa shape index (κ2) is 7.91. The van der Waals surface area contributed by atoms with Crippen LogP contribution in [0.4, 0.5) is 5.69 Å². The van der Waals surface area contributed by atoms with E-state index < -0.39 is 17.9 Å². The number of Topliss-reactive ketones (excluding diaryl/α,β-unsaturated/α-hetero) is 1. The number of benzene rings is 2. The summed E-state index contributed by atoms with van der Waals surface area (Å²) in [6, 6.07) is 15.4. The minimum Gasteiger partial charge on any atom is -0.358 e. The Labute approximate surface area is 206 Å². The standard InChI is InChI=1S/C28H23BrN2O3/c1-16-10-12-17(13-11-16)26(32)25-23-22(27(33)31(28(23)34)18-6-3-2-4-7-18)24-20-8-5-9-21(29)19(20)14-15-30(24)25/h2-4,6-8,10-15,22-25H,5,9H2,1H3/t22-,23+,24?,25?/m0/s1. The van der Waals surface area contributed by atoms with E-state index in [-0.39, 0.29) is 23.6 Å². The maximum absolute atomic E-state index is 13.9. The number of ketones is 1. The summed E-state index contributed by atoms with van der Waals surface area (Å²) in [6.45, 7) is 1.97. The van der Waals surface area contributed by atoms with Gasteiger partial charge in [-0.05, 0) is 49.1 Å². The van der Waals surface area contributed by atoms with Gasteiger partial charge in [0.1, 0.15) is 6.04 Å². The molecule has 2 amide bonds. The molecule has 4 aliphatic rings. The average Bonchev–Trinajstić information content (AvgIpc) is 3.32. The van der Waals surface area contributed by atoms with Crippen LogP contribution in [-0.4, -0.2) is 34.6 Å². The van der Waals surface area contributed by atoms with Gasteiger partial charge in [0.2, 0.25) is 11.8 Å². The van der Waals surface area contributed by atoms with Crippen molar-refractivity contribution >= 4 is 39.2 Å². The molecule has 3 heterocycles. The molecule has 6 heteroatoms. The van der Waals surface area contributed by atoms with Crippen molar-refractivity contribution in [2.45, 2.75) is 31.8 Å². The normalized spacial score (nSPS) is 27.5. The van der Waals surface area contributed by atoms with E-state index in [4.69, 9.17) is 0 Å². The van der Waals surface area contributed by atoms with Crippen LogP contribution >= 0.6 is 15.9 Å². The molecule has 2 unspecified atom stereocenters. The van der Waals surface area contributed by atoms with Crippen LogP contribution < -0.4 is 4.90 Å². The monoisotopic (exact) mass is 514 g/mol. The molecule has 0 spiro atoms. The van der Waals surface area contributed by atoms with Gasteiger partial charge in [-0.25, -0.2) is 4.90 Å². The molecule has 1 aliphatic carbocycles. The van der Waals surface area contributed by atoms with Gasteiger partial charge in [0.05, 0.1) is 23.6 Å². The molecule has 3 aliphatic heterocycles. The molecule has 170 valence electrons. The van der Waals surface area contributed by atoms with Crippen LogP contribution in [-0.2, 0) is 9.59 Å². The molecule has 2 fully saturated rings. The van der Waals surface area contributed by atoms with Crippen LogP contribution in [0.25, 0.3) is 0 Å². The summed E-state index contributed by atoms with van der Waals surface area (Å²) in [7, 11) is 0. The zero-order valence-corrected chi connectivity index (χ0v) is 20.2. The smallest absolute Gasteiger partial charge is 0.240 e. The minimum atomic E-state index is -0.739. The van der Waals surface area contributed by atoms with E-state index >= 15 is 0 Å². The van der Waals surface area contributed by atoms with Crippen molar-refractivity contribution < 1.29 is 14.4 Å². The molecule has 2 saturated heterocycles. The molecule has 0 radical (unpaired) electrons. The average molecular weight is 515 g/mol. The van der Waals surface area contributed by atoms with Crippen LogP contribution in [0.15, 0.2) is 88.6 Å². The van der Waals surface area contributed by atoms with Crippen LogP contribution in [0.1, 0.15) is 28.8 Å². The third kappa shape index (κ3) is 3.01. The Morgan fingerprint density at radius 3 is 2.41 bits per heavy atom. The zero-order valence-electron chi connectivity index (χ0n) is 18.6. The second-order valence-electron chi connectivity index (χ2n) is 9.30. The third-order valence-corrected chi connectivity index (χ3v) is 8.23. The summed E-state index contributed by atoms with van der Waals surface area (Å²) < 4.78 is 1.10. The number of hydrogen-bond acceptors (Lipinski definition) is 4. The number of hydrogen-bond donors (Lipinski definition) is 0. The van der Waals surface area contributed by atoms with Crippen molar-refractivity contribution in [1.29, 1.82) is 0 Å². The van der Waals surface area contributed by atoms with Crippen LogP contribution in [0.3, 0.4) is 0 Å². The lowest BCUT2D eigenvalue weighted by Crippen LogP contribution is -2.47. The lowest BCUT2D eigenvalue weighted by Gasteiger charge is -2.38. The van der Waals surface area contributed by atoms with Crippen molar-refractivity contribution in [2.75, 3.05) is 4.90 Å². The fourth-order valence-corrected chi connectivity index (χ4v) is 6.45. The van der Waals surface area contributed by atoms with Crippen molar-refractivity contribution in [2.24, 2.45) is 11.8 Å². The largest absolute Gasteiger partial charge is 0.358 e. The number of carbonyl (C=O) groups is 3. The van der Waals surface area contributed by atoms with Crippen molar-refractivity contribution in [1.82, 2.24) is 4.90 Å². The predicted octanol–water partition coefficient (Wildman–Crippen LogP) is 4.93. The number of nitrogens with zero attached hydrogens (tertiary/aromatic N) is 2. The molecule has 2 aromatic rings. The summed E-state index contributed by atoms with van der Waals surface area (Å²) in [5, 5.41) is 0. The number of para-hydroxylation sites is 1. The summed E-state index contributed by atoms with van der Waals surface area (Å²) >= 11 is 3.70. The minimum absolute atomic E-state index is 0.124. The highest BCUT2D eigenvalue weighted by molar-refractivity contribution is 9.11. The van der Waals surface area contributed by atoms with E-state index in [1.54, 1.807) is 12.1 Å². The summed E-state index contributed by atoms with van der Waals surface area (Å²) in [5.41, 5.74) is 4.27. The lowest BCUT2D eigenvalue weighted by molar-refractivity contribution is -0.123. The number of aryl methyl sites for hydroxylation is 1. The number of amides is 2. The zero-order chi connectivity index (χ0) is 23.6. The van der Waals surface area contributed by atoms with E-state index in [0.717, 1.165) is 34.0 Å². The third-order valence-electron chi connectivity index (χ3n) is 7.40. The Morgan fingerprint density at radius 1 is 0.971 bits per heavy atom. The predicted molar refractivity (Wildman–Crippen MR) is 133 cm³/mol. The molecule has 0 N–H and O–H groups in total. The maximum Gasteiger partial charge on any atom is 0.240 e. The summed E-state index contributed by atoms with van der Waals surface area (Å²) in [4.78, 5) is 44.8. The number of rotatable bonds is 3. The van der Waals surface area contributed by atoms with Gasteiger partial charge in [0.15, 0.2) is 5.78 Å². The fraction of sp³-hybridized carbons (Fsp3) is 0.250. The van der Waals surface area contributed by atoms with Gasteiger partial charge in [-0.1, -0.05) is 70.0 Å². The first-order valence-electron chi connectivity index (χ1n) is 11.6. The topological polar surface area (TPSA) is 57.7 Å².